The number of H-pyrrole nitrogens is 1. The molecule has 5 heteroatoms. The van der Waals surface area contributed by atoms with Crippen molar-refractivity contribution in [1.29, 1.82) is 0 Å². The quantitative estimate of drug-likeness (QED) is 0.400. The van der Waals surface area contributed by atoms with Crippen molar-refractivity contribution in [2.45, 2.75) is 6.92 Å². The lowest BCUT2D eigenvalue weighted by atomic mass is 9.99. The predicted octanol–water partition coefficient (Wildman–Crippen LogP) is 3.20. The zero-order valence-electron chi connectivity index (χ0n) is 13.3. The van der Waals surface area contributed by atoms with Crippen LogP contribution in [0.3, 0.4) is 0 Å². The number of aromatic nitrogens is 3. The number of hydrogen-bond acceptors (Lipinski definition) is 4. The monoisotopic (exact) mass is 305 g/mol. The van der Waals surface area contributed by atoms with Crippen LogP contribution in [0.15, 0.2) is 36.7 Å². The number of benzene rings is 2. The first kappa shape index (κ1) is 14.0. The molecule has 116 valence electrons. The highest BCUT2D eigenvalue weighted by molar-refractivity contribution is 6.13. The van der Waals surface area contributed by atoms with Crippen molar-refractivity contribution in [1.82, 2.24) is 20.3 Å². The van der Waals surface area contributed by atoms with Gasteiger partial charge in [-0.15, -0.1) is 0 Å². The summed E-state index contributed by atoms with van der Waals surface area (Å²) in [6, 6.07) is 10.6. The molecule has 4 aromatic rings. The Labute approximate surface area is 134 Å². The van der Waals surface area contributed by atoms with Gasteiger partial charge in [0, 0.05) is 18.5 Å². The van der Waals surface area contributed by atoms with Gasteiger partial charge in [-0.05, 0) is 36.4 Å². The summed E-state index contributed by atoms with van der Waals surface area (Å²) in [6.07, 6.45) is 1.74. The molecule has 2 heterocycles. The highest BCUT2D eigenvalue weighted by Crippen LogP contribution is 2.33. The fourth-order valence-corrected chi connectivity index (χ4v) is 3.18. The fourth-order valence-electron chi connectivity index (χ4n) is 3.18. The lowest BCUT2D eigenvalue weighted by Crippen LogP contribution is -2.18. The van der Waals surface area contributed by atoms with Crippen LogP contribution in [-0.4, -0.2) is 35.1 Å². The number of aromatic amines is 1. The molecule has 0 aliphatic rings. The molecule has 0 radical (unpaired) electrons. The van der Waals surface area contributed by atoms with Gasteiger partial charge in [0.2, 0.25) is 0 Å². The number of aryl methyl sites for hydroxylation is 1. The summed E-state index contributed by atoms with van der Waals surface area (Å²) in [6.45, 7) is 3.84. The van der Waals surface area contributed by atoms with E-state index in [1.165, 1.54) is 16.3 Å². The largest absolute Gasteiger partial charge is 0.367 e. The molecule has 0 unspecified atom stereocenters. The summed E-state index contributed by atoms with van der Waals surface area (Å²) in [4.78, 5) is 12.6. The van der Waals surface area contributed by atoms with Gasteiger partial charge in [0.1, 0.15) is 5.52 Å². The third kappa shape index (κ3) is 2.21. The van der Waals surface area contributed by atoms with Crippen molar-refractivity contribution in [3.63, 3.8) is 0 Å². The number of hydrogen-bond donors (Lipinski definition) is 3. The van der Waals surface area contributed by atoms with E-state index >= 15 is 0 Å². The SMILES string of the molecule is CNCCNc1nc2cc3ccccc3c(C)c2c2[nH]cnc12. The first-order chi connectivity index (χ1) is 11.3. The molecule has 0 saturated heterocycles. The van der Waals surface area contributed by atoms with Gasteiger partial charge in [0.25, 0.3) is 0 Å². The molecule has 0 saturated carbocycles. The molecule has 0 amide bonds. The van der Waals surface area contributed by atoms with Crippen molar-refractivity contribution < 1.29 is 0 Å². The highest BCUT2D eigenvalue weighted by Gasteiger charge is 2.14. The first-order valence-corrected chi connectivity index (χ1v) is 7.83. The van der Waals surface area contributed by atoms with Gasteiger partial charge < -0.3 is 15.6 Å². The normalized spacial score (nSPS) is 11.6. The van der Waals surface area contributed by atoms with E-state index in [1.807, 2.05) is 7.05 Å². The molecule has 5 nitrogen and oxygen atoms in total. The predicted molar refractivity (Wildman–Crippen MR) is 96.1 cm³/mol. The van der Waals surface area contributed by atoms with Crippen LogP contribution in [0.5, 0.6) is 0 Å². The Hall–Kier alpha value is -2.66. The topological polar surface area (TPSA) is 65.6 Å². The highest BCUT2D eigenvalue weighted by atomic mass is 15.0. The summed E-state index contributed by atoms with van der Waals surface area (Å²) in [7, 11) is 1.94. The van der Waals surface area contributed by atoms with Gasteiger partial charge in [0.05, 0.1) is 17.4 Å². The van der Waals surface area contributed by atoms with Crippen LogP contribution in [0.2, 0.25) is 0 Å². The molecule has 4 rings (SSSR count). The number of pyridine rings is 1. The molecule has 2 aromatic carbocycles. The third-order valence-corrected chi connectivity index (χ3v) is 4.30. The van der Waals surface area contributed by atoms with E-state index in [9.17, 15) is 0 Å². The molecule has 0 fully saturated rings. The minimum absolute atomic E-state index is 0.809. The van der Waals surface area contributed by atoms with Crippen molar-refractivity contribution in [2.75, 3.05) is 25.5 Å². The molecular weight excluding hydrogens is 286 g/mol. The average Bonchev–Trinajstić information content (AvgIpc) is 3.05. The molecule has 0 atom stereocenters. The number of likely N-dealkylation sites (N-methyl/N-ethyl adjacent to an activating group) is 1. The van der Waals surface area contributed by atoms with E-state index in [4.69, 9.17) is 4.98 Å². The number of imidazole rings is 1. The number of fused-ring (bicyclic) bond motifs is 4. The Kier molecular flexibility index (Phi) is 3.35. The number of anilines is 1. The summed E-state index contributed by atoms with van der Waals surface area (Å²) in [5.41, 5.74) is 4.17. The van der Waals surface area contributed by atoms with E-state index in [-0.39, 0.29) is 0 Å². The van der Waals surface area contributed by atoms with Gasteiger partial charge in [-0.2, -0.15) is 0 Å². The van der Waals surface area contributed by atoms with Crippen LogP contribution in [0.1, 0.15) is 5.56 Å². The Morgan fingerprint density at radius 3 is 2.91 bits per heavy atom. The third-order valence-electron chi connectivity index (χ3n) is 4.30. The standard InChI is InChI=1S/C18H19N5/c1-11-13-6-4-3-5-12(13)9-14-15(11)16-17(22-10-21-16)18(23-14)20-8-7-19-2/h3-6,9-10,19H,7-8H2,1-2H3,(H,20,23)(H,21,22). The Morgan fingerprint density at radius 1 is 1.17 bits per heavy atom. The van der Waals surface area contributed by atoms with Crippen LogP contribution in [0, 0.1) is 6.92 Å². The molecule has 2 aromatic heterocycles. The van der Waals surface area contributed by atoms with Gasteiger partial charge in [-0.1, -0.05) is 24.3 Å². The minimum atomic E-state index is 0.809. The van der Waals surface area contributed by atoms with Crippen molar-refractivity contribution in [3.8, 4) is 0 Å². The summed E-state index contributed by atoms with van der Waals surface area (Å²) in [5.74, 6) is 0.832. The van der Waals surface area contributed by atoms with E-state index in [0.717, 1.165) is 40.8 Å². The van der Waals surface area contributed by atoms with Gasteiger partial charge in [-0.3, -0.25) is 0 Å². The van der Waals surface area contributed by atoms with Crippen LogP contribution >= 0.6 is 0 Å². The number of nitrogens with one attached hydrogen (secondary N) is 3. The van der Waals surface area contributed by atoms with Crippen LogP contribution in [-0.2, 0) is 0 Å². The second kappa shape index (κ2) is 5.52. The first-order valence-electron chi connectivity index (χ1n) is 7.83. The minimum Gasteiger partial charge on any atom is -0.367 e. The summed E-state index contributed by atoms with van der Waals surface area (Å²) < 4.78 is 0. The van der Waals surface area contributed by atoms with E-state index < -0.39 is 0 Å². The van der Waals surface area contributed by atoms with Crippen LogP contribution in [0.4, 0.5) is 5.82 Å². The zero-order chi connectivity index (χ0) is 15.8. The number of rotatable bonds is 4. The van der Waals surface area contributed by atoms with Gasteiger partial charge in [-0.25, -0.2) is 9.97 Å². The summed E-state index contributed by atoms with van der Waals surface area (Å²) >= 11 is 0. The summed E-state index contributed by atoms with van der Waals surface area (Å²) in [5, 5.41) is 10.1. The molecule has 0 aliphatic carbocycles. The zero-order valence-corrected chi connectivity index (χ0v) is 13.3. The molecule has 23 heavy (non-hydrogen) atoms. The Balaban J connectivity index is 2.02. The van der Waals surface area contributed by atoms with Crippen LogP contribution in [0.25, 0.3) is 32.7 Å². The maximum atomic E-state index is 4.84. The van der Waals surface area contributed by atoms with Gasteiger partial charge >= 0.3 is 0 Å². The fraction of sp³-hybridized carbons (Fsp3) is 0.222. The van der Waals surface area contributed by atoms with Gasteiger partial charge in [0.15, 0.2) is 5.82 Å². The van der Waals surface area contributed by atoms with E-state index in [0.29, 0.717) is 0 Å². The maximum absolute atomic E-state index is 4.84. The molecular formula is C18H19N5. The van der Waals surface area contributed by atoms with E-state index in [1.54, 1.807) is 6.33 Å². The molecule has 0 aliphatic heterocycles. The lowest BCUT2D eigenvalue weighted by Gasteiger charge is -2.11. The second-order valence-electron chi connectivity index (χ2n) is 5.73. The molecule has 3 N–H and O–H groups in total. The average molecular weight is 305 g/mol. The van der Waals surface area contributed by atoms with Crippen LogP contribution < -0.4 is 10.6 Å². The van der Waals surface area contributed by atoms with Crippen molar-refractivity contribution >= 4 is 38.5 Å². The number of nitrogens with zero attached hydrogens (tertiary/aromatic N) is 2. The van der Waals surface area contributed by atoms with E-state index in [2.05, 4.69) is 57.9 Å². The molecule has 0 bridgehead atoms. The smallest absolute Gasteiger partial charge is 0.154 e. The Bertz CT molecular complexity index is 1000. The van der Waals surface area contributed by atoms with Crippen molar-refractivity contribution in [2.24, 2.45) is 0 Å². The van der Waals surface area contributed by atoms with Crippen molar-refractivity contribution in [3.05, 3.63) is 42.2 Å². The second-order valence-corrected chi connectivity index (χ2v) is 5.73. The Morgan fingerprint density at radius 2 is 2.04 bits per heavy atom. The maximum Gasteiger partial charge on any atom is 0.154 e. The molecule has 0 spiro atoms. The lowest BCUT2D eigenvalue weighted by molar-refractivity contribution is 0.822.